The Labute approximate surface area is 237 Å². The molecule has 0 bridgehead atoms. The molecule has 210 valence electrons. The number of rotatable bonds is 14. The van der Waals surface area contributed by atoms with Gasteiger partial charge in [0.2, 0.25) is 21.8 Å². The average molecular weight is 585 g/mol. The van der Waals surface area contributed by atoms with E-state index in [-0.39, 0.29) is 37.7 Å². The summed E-state index contributed by atoms with van der Waals surface area (Å²) in [4.78, 5) is 28.2. The third kappa shape index (κ3) is 8.61. The first kappa shape index (κ1) is 31.9. The van der Waals surface area contributed by atoms with Gasteiger partial charge >= 0.3 is 0 Å². The lowest BCUT2D eigenvalue weighted by atomic mass is 10.1. The number of halogens is 2. The standard InChI is InChI=1S/C28H39Cl2N3O4S/c1-6-8-17-31-28(35)25(7-2)32(19-22-23(29)13-10-14-24(22)30)27(34)16-11-18-33(38(5,36)37)26-15-9-12-20(3)21(26)4/h9-10,12-15,25H,6-8,11,16-19H2,1-5H3,(H,31,35). The maximum absolute atomic E-state index is 13.6. The van der Waals surface area contributed by atoms with Crippen molar-refractivity contribution in [1.82, 2.24) is 10.2 Å². The van der Waals surface area contributed by atoms with Gasteiger partial charge in [0, 0.05) is 41.7 Å². The minimum Gasteiger partial charge on any atom is -0.354 e. The number of carbonyl (C=O) groups is 2. The second-order valence-electron chi connectivity index (χ2n) is 9.45. The molecule has 1 atom stereocenters. The van der Waals surface area contributed by atoms with Gasteiger partial charge in [0.25, 0.3) is 0 Å². The summed E-state index contributed by atoms with van der Waals surface area (Å²) in [5, 5.41) is 3.75. The molecule has 7 nitrogen and oxygen atoms in total. The van der Waals surface area contributed by atoms with E-state index in [2.05, 4.69) is 5.32 Å². The predicted molar refractivity (Wildman–Crippen MR) is 156 cm³/mol. The van der Waals surface area contributed by atoms with Crippen molar-refractivity contribution < 1.29 is 18.0 Å². The fourth-order valence-corrected chi connectivity index (χ4v) is 5.80. The van der Waals surface area contributed by atoms with Crippen LogP contribution < -0.4 is 9.62 Å². The fraction of sp³-hybridized carbons (Fsp3) is 0.500. The number of benzene rings is 2. The van der Waals surface area contributed by atoms with Crippen molar-refractivity contribution in [2.45, 2.75) is 72.4 Å². The van der Waals surface area contributed by atoms with Gasteiger partial charge in [0.1, 0.15) is 6.04 Å². The molecule has 0 aliphatic heterocycles. The van der Waals surface area contributed by atoms with Crippen LogP contribution in [0.25, 0.3) is 0 Å². The zero-order valence-corrected chi connectivity index (χ0v) is 25.2. The van der Waals surface area contributed by atoms with Crippen LogP contribution >= 0.6 is 23.2 Å². The Morgan fingerprint density at radius 1 is 1.00 bits per heavy atom. The largest absolute Gasteiger partial charge is 0.354 e. The molecule has 0 aliphatic rings. The maximum atomic E-state index is 13.6. The van der Waals surface area contributed by atoms with E-state index in [0.717, 1.165) is 30.2 Å². The molecule has 0 saturated heterocycles. The highest BCUT2D eigenvalue weighted by atomic mass is 35.5. The van der Waals surface area contributed by atoms with Crippen LogP contribution in [0.15, 0.2) is 36.4 Å². The summed E-state index contributed by atoms with van der Waals surface area (Å²) >= 11 is 12.8. The quantitative estimate of drug-likeness (QED) is 0.281. The van der Waals surface area contributed by atoms with Crippen LogP contribution in [0, 0.1) is 13.8 Å². The molecule has 0 aliphatic carbocycles. The lowest BCUT2D eigenvalue weighted by Crippen LogP contribution is -2.49. The topological polar surface area (TPSA) is 86.8 Å². The summed E-state index contributed by atoms with van der Waals surface area (Å²) in [7, 11) is -3.57. The SMILES string of the molecule is CCCCNC(=O)C(CC)N(Cc1c(Cl)cccc1Cl)C(=O)CCCN(c1cccc(C)c1C)S(C)(=O)=O. The van der Waals surface area contributed by atoms with Crippen LogP contribution in [0.4, 0.5) is 5.69 Å². The van der Waals surface area contributed by atoms with Crippen molar-refractivity contribution in [1.29, 1.82) is 0 Å². The summed E-state index contributed by atoms with van der Waals surface area (Å²) < 4.78 is 26.6. The molecule has 0 radical (unpaired) electrons. The average Bonchev–Trinajstić information content (AvgIpc) is 2.85. The number of unbranched alkanes of at least 4 members (excludes halogenated alkanes) is 1. The van der Waals surface area contributed by atoms with Gasteiger partial charge in [-0.3, -0.25) is 13.9 Å². The number of nitrogens with one attached hydrogen (secondary N) is 1. The smallest absolute Gasteiger partial charge is 0.242 e. The maximum Gasteiger partial charge on any atom is 0.242 e. The van der Waals surface area contributed by atoms with Crippen LogP contribution in [0.2, 0.25) is 10.0 Å². The number of sulfonamides is 1. The lowest BCUT2D eigenvalue weighted by molar-refractivity contribution is -0.141. The monoisotopic (exact) mass is 583 g/mol. The summed E-state index contributed by atoms with van der Waals surface area (Å²) in [5.41, 5.74) is 3.02. The molecule has 10 heteroatoms. The third-order valence-electron chi connectivity index (χ3n) is 6.60. The lowest BCUT2D eigenvalue weighted by Gasteiger charge is -2.31. The van der Waals surface area contributed by atoms with Crippen LogP contribution in [-0.4, -0.2) is 50.5 Å². The Kier molecular flexibility index (Phi) is 12.4. The van der Waals surface area contributed by atoms with Crippen molar-refractivity contribution in [3.05, 3.63) is 63.1 Å². The van der Waals surface area contributed by atoms with Crippen LogP contribution in [0.1, 0.15) is 62.6 Å². The molecular formula is C28H39Cl2N3O4S. The molecule has 2 aromatic rings. The molecule has 0 spiro atoms. The highest BCUT2D eigenvalue weighted by molar-refractivity contribution is 7.92. The number of aryl methyl sites for hydroxylation is 1. The van der Waals surface area contributed by atoms with Crippen molar-refractivity contribution in [2.75, 3.05) is 23.7 Å². The molecular weight excluding hydrogens is 545 g/mol. The summed E-state index contributed by atoms with van der Waals surface area (Å²) in [5.74, 6) is -0.501. The van der Waals surface area contributed by atoms with Gasteiger partial charge in [0.05, 0.1) is 11.9 Å². The second-order valence-corrected chi connectivity index (χ2v) is 12.2. The minimum absolute atomic E-state index is 0.0533. The first-order valence-corrected chi connectivity index (χ1v) is 15.6. The van der Waals surface area contributed by atoms with Crippen molar-refractivity contribution in [2.24, 2.45) is 0 Å². The first-order valence-electron chi connectivity index (χ1n) is 13.0. The molecule has 1 unspecified atom stereocenters. The van der Waals surface area contributed by atoms with Crippen molar-refractivity contribution >= 4 is 50.7 Å². The number of anilines is 1. The van der Waals surface area contributed by atoms with Crippen LogP contribution in [0.3, 0.4) is 0 Å². The van der Waals surface area contributed by atoms with E-state index in [1.165, 1.54) is 9.21 Å². The number of hydrogen-bond acceptors (Lipinski definition) is 4. The number of carbonyl (C=O) groups excluding carboxylic acids is 2. The Morgan fingerprint density at radius 3 is 2.21 bits per heavy atom. The van der Waals surface area contributed by atoms with Gasteiger partial charge in [-0.15, -0.1) is 0 Å². The molecule has 0 heterocycles. The van der Waals surface area contributed by atoms with E-state index in [9.17, 15) is 18.0 Å². The van der Waals surface area contributed by atoms with Gasteiger partial charge in [-0.25, -0.2) is 8.42 Å². The van der Waals surface area contributed by atoms with Gasteiger partial charge < -0.3 is 10.2 Å². The molecule has 38 heavy (non-hydrogen) atoms. The Balaban J connectivity index is 2.29. The van der Waals surface area contributed by atoms with Crippen molar-refractivity contribution in [3.8, 4) is 0 Å². The zero-order chi connectivity index (χ0) is 28.5. The molecule has 2 amide bonds. The van der Waals surface area contributed by atoms with Gasteiger partial charge in [0.15, 0.2) is 0 Å². The van der Waals surface area contributed by atoms with E-state index in [1.54, 1.807) is 24.3 Å². The third-order valence-corrected chi connectivity index (χ3v) is 8.49. The zero-order valence-electron chi connectivity index (χ0n) is 22.9. The molecule has 0 saturated carbocycles. The molecule has 1 N–H and O–H groups in total. The van der Waals surface area contributed by atoms with E-state index < -0.39 is 16.1 Å². The van der Waals surface area contributed by atoms with Crippen LogP contribution in [-0.2, 0) is 26.2 Å². The number of nitrogens with zero attached hydrogens (tertiary/aromatic N) is 2. The van der Waals surface area contributed by atoms with E-state index in [4.69, 9.17) is 23.2 Å². The van der Waals surface area contributed by atoms with Gasteiger partial charge in [-0.05, 0) is 62.4 Å². The summed E-state index contributed by atoms with van der Waals surface area (Å²) in [6.45, 7) is 8.43. The Hall–Kier alpha value is -2.29. The number of hydrogen-bond donors (Lipinski definition) is 1. The fourth-order valence-electron chi connectivity index (χ4n) is 4.27. The summed E-state index contributed by atoms with van der Waals surface area (Å²) in [6, 6.07) is 9.92. The van der Waals surface area contributed by atoms with Crippen molar-refractivity contribution in [3.63, 3.8) is 0 Å². The normalized spacial score (nSPS) is 12.2. The van der Waals surface area contributed by atoms with E-state index >= 15 is 0 Å². The highest BCUT2D eigenvalue weighted by Crippen LogP contribution is 2.28. The highest BCUT2D eigenvalue weighted by Gasteiger charge is 2.30. The van der Waals surface area contributed by atoms with Crippen LogP contribution in [0.5, 0.6) is 0 Å². The molecule has 2 aromatic carbocycles. The van der Waals surface area contributed by atoms with Gasteiger partial charge in [-0.2, -0.15) is 0 Å². The van der Waals surface area contributed by atoms with E-state index in [1.807, 2.05) is 39.8 Å². The molecule has 2 rings (SSSR count). The Morgan fingerprint density at radius 2 is 1.63 bits per heavy atom. The predicted octanol–water partition coefficient (Wildman–Crippen LogP) is 5.88. The molecule has 0 fully saturated rings. The van der Waals surface area contributed by atoms with Gasteiger partial charge in [-0.1, -0.05) is 61.7 Å². The first-order chi connectivity index (χ1) is 17.9. The molecule has 0 aromatic heterocycles. The van der Waals surface area contributed by atoms with E-state index in [0.29, 0.717) is 34.3 Å². The Bertz CT molecular complexity index is 1200. The minimum atomic E-state index is -3.57. The summed E-state index contributed by atoms with van der Waals surface area (Å²) in [6.07, 6.45) is 3.68. The number of amides is 2. The second kappa shape index (κ2) is 14.8.